The van der Waals surface area contributed by atoms with E-state index in [9.17, 15) is 0 Å². The Labute approximate surface area is 254 Å². The molecule has 2 heteroatoms. The van der Waals surface area contributed by atoms with E-state index >= 15 is 0 Å². The van der Waals surface area contributed by atoms with Crippen LogP contribution in [0.5, 0.6) is 0 Å². The van der Waals surface area contributed by atoms with E-state index in [1.54, 1.807) is 0 Å². The molecule has 0 fully saturated rings. The molecule has 0 heterocycles. The predicted molar refractivity (Wildman–Crippen MR) is 158 cm³/mol. The van der Waals surface area contributed by atoms with Gasteiger partial charge in [0.15, 0.2) is 0 Å². The van der Waals surface area contributed by atoms with Crippen molar-refractivity contribution in [2.24, 2.45) is 5.41 Å². The summed E-state index contributed by atoms with van der Waals surface area (Å²) in [5, 5.41) is 0. The zero-order valence-electron chi connectivity index (χ0n) is 21.8. The van der Waals surface area contributed by atoms with Crippen LogP contribution in [0, 0.1) is 5.41 Å². The van der Waals surface area contributed by atoms with Crippen LogP contribution in [0.4, 0.5) is 0 Å². The summed E-state index contributed by atoms with van der Waals surface area (Å²) in [5.41, 5.74) is 8.66. The molecule has 0 saturated heterocycles. The quantitative estimate of drug-likeness (QED) is 0.134. The molecular formula is C37H32Fe2. The fraction of sp³-hybridized carbons (Fsp3) is 0.0811. The molecule has 39 heavy (non-hydrogen) atoms. The molecule has 0 aliphatic heterocycles. The van der Waals surface area contributed by atoms with Crippen molar-refractivity contribution < 1.29 is 34.1 Å². The van der Waals surface area contributed by atoms with Gasteiger partial charge in [-0.2, -0.15) is 107 Å². The van der Waals surface area contributed by atoms with Crippen LogP contribution < -0.4 is 0 Å². The summed E-state index contributed by atoms with van der Waals surface area (Å²) in [6, 6.07) is 59.5. The molecule has 1 aliphatic rings. The molecule has 0 amide bonds. The minimum atomic E-state index is 0. The van der Waals surface area contributed by atoms with Gasteiger partial charge in [0.2, 0.25) is 0 Å². The standard InChI is InChI=1S/C27H22.2C5H5.2Fe/c1-3-11-21(12-4-1)19-27(20-22-13-5-2-6-14-22)25(23-15-7-8-16-23)26(27)24-17-9-10-18-24;2*1-2-4-5-3-1;;/h1-18H,19-20H2;2*1-5H;;/q-2;2*-1;2*+2. The summed E-state index contributed by atoms with van der Waals surface area (Å²) in [6.07, 6.45) is 2.09. The molecular weight excluding hydrogens is 556 g/mol. The first-order valence-electron chi connectivity index (χ1n) is 13.0. The first-order chi connectivity index (χ1) is 18.4. The van der Waals surface area contributed by atoms with E-state index in [2.05, 4.69) is 109 Å². The maximum Gasteiger partial charge on any atom is 2.00 e. The zero-order chi connectivity index (χ0) is 25.2. The van der Waals surface area contributed by atoms with Gasteiger partial charge in [-0.1, -0.05) is 66.1 Å². The van der Waals surface area contributed by atoms with Gasteiger partial charge in [0.05, 0.1) is 0 Å². The second kappa shape index (κ2) is 15.3. The maximum absolute atomic E-state index is 2.26. The minimum Gasteiger partial charge on any atom is -0.214 e. The summed E-state index contributed by atoms with van der Waals surface area (Å²) in [4.78, 5) is 0. The minimum absolute atomic E-state index is 0. The number of hydrogen-bond donors (Lipinski definition) is 0. The zero-order valence-corrected chi connectivity index (χ0v) is 24.0. The Hall–Kier alpha value is -3.38. The Balaban J connectivity index is 0.000000295. The number of benzene rings is 2. The Morgan fingerprint density at radius 1 is 0.436 bits per heavy atom. The molecule has 196 valence electrons. The molecule has 0 N–H and O–H groups in total. The Morgan fingerprint density at radius 2 is 0.769 bits per heavy atom. The first kappa shape index (κ1) is 30.2. The Kier molecular flexibility index (Phi) is 11.8. The van der Waals surface area contributed by atoms with Gasteiger partial charge < -0.3 is 0 Å². The number of rotatable bonds is 6. The van der Waals surface area contributed by atoms with Crippen LogP contribution in [0.2, 0.25) is 0 Å². The summed E-state index contributed by atoms with van der Waals surface area (Å²) in [6.45, 7) is 0. The average molecular weight is 588 g/mol. The molecule has 7 rings (SSSR count). The smallest absolute Gasteiger partial charge is 0.214 e. The molecule has 0 aromatic heterocycles. The summed E-state index contributed by atoms with van der Waals surface area (Å²) in [5.74, 6) is 0. The van der Waals surface area contributed by atoms with Crippen molar-refractivity contribution in [1.29, 1.82) is 0 Å². The van der Waals surface area contributed by atoms with Crippen molar-refractivity contribution in [2.45, 2.75) is 12.8 Å². The Morgan fingerprint density at radius 3 is 1.05 bits per heavy atom. The van der Waals surface area contributed by atoms with Crippen molar-refractivity contribution in [3.05, 3.63) is 192 Å². The van der Waals surface area contributed by atoms with Crippen LogP contribution in [0.25, 0.3) is 11.1 Å². The third kappa shape index (κ3) is 7.82. The third-order valence-corrected chi connectivity index (χ3v) is 6.86. The van der Waals surface area contributed by atoms with Gasteiger partial charge in [-0.3, -0.25) is 0 Å². The number of allylic oxidation sites excluding steroid dienone is 2. The number of hydrogen-bond acceptors (Lipinski definition) is 0. The first-order valence-corrected chi connectivity index (χ1v) is 13.0. The van der Waals surface area contributed by atoms with E-state index in [0.717, 1.165) is 12.8 Å². The normalized spacial score (nSPS) is 12.5. The van der Waals surface area contributed by atoms with Crippen LogP contribution in [-0.4, -0.2) is 0 Å². The molecule has 0 bridgehead atoms. The fourth-order valence-electron chi connectivity index (χ4n) is 5.23. The monoisotopic (exact) mass is 588 g/mol. The SMILES string of the molecule is [Fe+2].[Fe+2].c1cc[cH-]c1.c1cc[cH-]c1.c1ccc(CC2(Cc3ccccc3)C([c-]3cccc3)=C2[c-]2cccc2)cc1. The summed E-state index contributed by atoms with van der Waals surface area (Å²) >= 11 is 0. The van der Waals surface area contributed by atoms with Crippen molar-refractivity contribution in [3.8, 4) is 0 Å². The molecule has 1 aliphatic carbocycles. The molecule has 0 saturated carbocycles. The van der Waals surface area contributed by atoms with E-state index < -0.39 is 0 Å². The van der Waals surface area contributed by atoms with Crippen molar-refractivity contribution >= 4 is 11.1 Å². The maximum atomic E-state index is 2.26. The van der Waals surface area contributed by atoms with Crippen LogP contribution in [0.1, 0.15) is 22.3 Å². The van der Waals surface area contributed by atoms with Gasteiger partial charge >= 0.3 is 34.1 Å². The predicted octanol–water partition coefficient (Wildman–Crippen LogP) is 9.33. The summed E-state index contributed by atoms with van der Waals surface area (Å²) < 4.78 is 0. The fourth-order valence-corrected chi connectivity index (χ4v) is 5.23. The second-order valence-corrected chi connectivity index (χ2v) is 9.43. The van der Waals surface area contributed by atoms with Crippen LogP contribution in [-0.2, 0) is 47.0 Å². The molecule has 6 aromatic carbocycles. The average Bonchev–Trinajstić information content (AvgIpc) is 3.71. The molecule has 0 radical (unpaired) electrons. The van der Waals surface area contributed by atoms with Crippen molar-refractivity contribution in [1.82, 2.24) is 0 Å². The van der Waals surface area contributed by atoms with Gasteiger partial charge in [-0.05, 0) is 24.0 Å². The van der Waals surface area contributed by atoms with E-state index in [1.807, 2.05) is 60.7 Å². The van der Waals surface area contributed by atoms with E-state index in [4.69, 9.17) is 0 Å². The molecule has 0 nitrogen and oxygen atoms in total. The Bertz CT molecular complexity index is 1270. The summed E-state index contributed by atoms with van der Waals surface area (Å²) in [7, 11) is 0. The van der Waals surface area contributed by atoms with Gasteiger partial charge in [0, 0.05) is 0 Å². The van der Waals surface area contributed by atoms with E-state index in [0.29, 0.717) is 0 Å². The van der Waals surface area contributed by atoms with Gasteiger partial charge in [0.25, 0.3) is 0 Å². The van der Waals surface area contributed by atoms with Crippen LogP contribution in [0.3, 0.4) is 0 Å². The van der Waals surface area contributed by atoms with Gasteiger partial charge in [-0.15, -0.1) is 0 Å². The van der Waals surface area contributed by atoms with Crippen LogP contribution in [0.15, 0.2) is 170 Å². The van der Waals surface area contributed by atoms with Crippen LogP contribution >= 0.6 is 0 Å². The third-order valence-electron chi connectivity index (χ3n) is 6.86. The van der Waals surface area contributed by atoms with E-state index in [-0.39, 0.29) is 39.6 Å². The topological polar surface area (TPSA) is 0 Å². The van der Waals surface area contributed by atoms with Gasteiger partial charge in [0.1, 0.15) is 0 Å². The largest absolute Gasteiger partial charge is 2.00 e. The molecule has 0 spiro atoms. The second-order valence-electron chi connectivity index (χ2n) is 9.43. The molecule has 6 aromatic rings. The van der Waals surface area contributed by atoms with E-state index in [1.165, 1.54) is 33.4 Å². The van der Waals surface area contributed by atoms with Crippen molar-refractivity contribution in [2.75, 3.05) is 0 Å². The molecule has 0 unspecified atom stereocenters. The van der Waals surface area contributed by atoms with Crippen molar-refractivity contribution in [3.63, 3.8) is 0 Å². The van der Waals surface area contributed by atoms with Gasteiger partial charge in [-0.25, -0.2) is 24.3 Å². The molecule has 0 atom stereocenters.